The predicted molar refractivity (Wildman–Crippen MR) is 141 cm³/mol. The van der Waals surface area contributed by atoms with Gasteiger partial charge in [0.1, 0.15) is 6.33 Å². The Hall–Kier alpha value is -3.93. The van der Waals surface area contributed by atoms with E-state index in [0.717, 1.165) is 18.1 Å². The maximum Gasteiger partial charge on any atom is 0.416 e. The van der Waals surface area contributed by atoms with Crippen molar-refractivity contribution in [2.75, 3.05) is 4.90 Å². The Morgan fingerprint density at radius 3 is 2.54 bits per heavy atom. The molecule has 12 heteroatoms. The van der Waals surface area contributed by atoms with Crippen LogP contribution in [0.3, 0.4) is 0 Å². The lowest BCUT2D eigenvalue weighted by Crippen LogP contribution is -2.53. The Labute approximate surface area is 234 Å². The summed E-state index contributed by atoms with van der Waals surface area (Å²) >= 11 is 0. The maximum absolute atomic E-state index is 14.3. The number of nitrogens with zero attached hydrogens (tertiary/aromatic N) is 5. The number of rotatable bonds is 6. The highest BCUT2D eigenvalue weighted by molar-refractivity contribution is 6.10. The highest BCUT2D eigenvalue weighted by atomic mass is 19.4. The van der Waals surface area contributed by atoms with Crippen LogP contribution in [-0.4, -0.2) is 48.4 Å². The third kappa shape index (κ3) is 4.35. The summed E-state index contributed by atoms with van der Waals surface area (Å²) in [6.07, 6.45) is -1.64. The van der Waals surface area contributed by atoms with Crippen LogP contribution < -0.4 is 4.90 Å². The highest BCUT2D eigenvalue weighted by Gasteiger charge is 2.50. The first-order chi connectivity index (χ1) is 19.3. The summed E-state index contributed by atoms with van der Waals surface area (Å²) in [6.45, 7) is 3.23. The molecule has 1 aromatic heterocycles. The number of fused-ring (bicyclic) bond motifs is 1. The lowest BCUT2D eigenvalue weighted by Gasteiger charge is -2.46. The van der Waals surface area contributed by atoms with E-state index in [1.807, 2.05) is 13.0 Å². The molecule has 0 radical (unpaired) electrons. The zero-order valence-corrected chi connectivity index (χ0v) is 22.9. The Kier molecular flexibility index (Phi) is 6.18. The minimum Gasteiger partial charge on any atom is -0.465 e. The number of amides is 2. The van der Waals surface area contributed by atoms with Crippen molar-refractivity contribution in [3.63, 3.8) is 0 Å². The first kappa shape index (κ1) is 27.3. The van der Waals surface area contributed by atoms with E-state index < -0.39 is 34.9 Å². The molecule has 1 N–H and O–H groups in total. The molecule has 1 saturated carbocycles. The fourth-order valence-corrected chi connectivity index (χ4v) is 6.42. The van der Waals surface area contributed by atoms with Gasteiger partial charge in [-0.3, -0.25) is 9.69 Å². The molecular weight excluding hydrogens is 539 g/mol. The smallest absolute Gasteiger partial charge is 0.416 e. The summed E-state index contributed by atoms with van der Waals surface area (Å²) < 4.78 is 50.9. The van der Waals surface area contributed by atoms with Crippen LogP contribution in [0.2, 0.25) is 0 Å². The molecule has 216 valence electrons. The van der Waals surface area contributed by atoms with Crippen molar-refractivity contribution < 1.29 is 32.6 Å². The van der Waals surface area contributed by atoms with Crippen LogP contribution in [0.4, 0.5) is 23.7 Å². The number of benzene rings is 2. The number of ether oxygens (including phenoxy) is 1. The second kappa shape index (κ2) is 9.30. The molecule has 9 nitrogen and oxygen atoms in total. The topological polar surface area (TPSA) is 101 Å². The average Bonchev–Trinajstić information content (AvgIpc) is 3.46. The van der Waals surface area contributed by atoms with Gasteiger partial charge in [-0.15, -0.1) is 10.2 Å². The number of hydrogen-bond donors (Lipinski definition) is 1. The van der Waals surface area contributed by atoms with E-state index in [4.69, 9.17) is 4.74 Å². The van der Waals surface area contributed by atoms with Crippen molar-refractivity contribution in [3.8, 4) is 0 Å². The van der Waals surface area contributed by atoms with Gasteiger partial charge in [-0.1, -0.05) is 12.1 Å². The zero-order valence-electron chi connectivity index (χ0n) is 22.9. The number of halogens is 3. The van der Waals surface area contributed by atoms with Crippen LogP contribution in [0.25, 0.3) is 0 Å². The van der Waals surface area contributed by atoms with Crippen molar-refractivity contribution >= 4 is 17.7 Å². The molecule has 6 rings (SSSR count). The van der Waals surface area contributed by atoms with Gasteiger partial charge in [0.25, 0.3) is 5.91 Å². The molecule has 0 spiro atoms. The molecule has 2 aromatic carbocycles. The second-order valence-corrected chi connectivity index (χ2v) is 11.6. The maximum atomic E-state index is 14.3. The molecule has 2 atom stereocenters. The molecule has 3 aromatic rings. The van der Waals surface area contributed by atoms with E-state index in [0.29, 0.717) is 30.8 Å². The van der Waals surface area contributed by atoms with E-state index in [1.165, 1.54) is 15.9 Å². The van der Waals surface area contributed by atoms with Gasteiger partial charge in [0, 0.05) is 36.8 Å². The van der Waals surface area contributed by atoms with E-state index >= 15 is 0 Å². The quantitative estimate of drug-likeness (QED) is 0.423. The SMILES string of the molecule is C[C@H]1C[C@@](c2cccc(N3Cc4c(cc(CN(C(=O)O)C5(C)CCC5)cc4C(F)(F)F)C3=O)c2)(c2nncn2C)O1. The number of hydrogen-bond acceptors (Lipinski definition) is 5. The third-order valence-corrected chi connectivity index (χ3v) is 8.73. The lowest BCUT2D eigenvalue weighted by atomic mass is 9.77. The molecule has 0 unspecified atom stereocenters. The van der Waals surface area contributed by atoms with Crippen LogP contribution in [0.15, 0.2) is 42.7 Å². The molecule has 1 saturated heterocycles. The van der Waals surface area contributed by atoms with Crippen molar-refractivity contribution in [1.29, 1.82) is 0 Å². The normalized spacial score (nSPS) is 23.1. The molecule has 3 heterocycles. The van der Waals surface area contributed by atoms with Gasteiger partial charge in [-0.2, -0.15) is 13.2 Å². The number of anilines is 1. The number of carbonyl (C=O) groups excluding carboxylic acids is 1. The molecule has 2 amide bonds. The first-order valence-corrected chi connectivity index (χ1v) is 13.5. The van der Waals surface area contributed by atoms with Gasteiger partial charge < -0.3 is 19.3 Å². The first-order valence-electron chi connectivity index (χ1n) is 13.5. The highest BCUT2D eigenvalue weighted by Crippen LogP contribution is 2.48. The average molecular weight is 570 g/mol. The van der Waals surface area contributed by atoms with Crippen molar-refractivity contribution in [3.05, 3.63) is 76.4 Å². The van der Waals surface area contributed by atoms with Crippen LogP contribution in [0.1, 0.15) is 78.0 Å². The molecule has 41 heavy (non-hydrogen) atoms. The van der Waals surface area contributed by atoms with Gasteiger partial charge in [-0.25, -0.2) is 4.79 Å². The van der Waals surface area contributed by atoms with E-state index in [1.54, 1.807) is 43.1 Å². The van der Waals surface area contributed by atoms with E-state index in [9.17, 15) is 27.9 Å². The Bertz CT molecular complexity index is 1540. The number of aromatic nitrogens is 3. The summed E-state index contributed by atoms with van der Waals surface area (Å²) in [7, 11) is 1.81. The molecular formula is C29H30F3N5O4. The van der Waals surface area contributed by atoms with Crippen LogP contribution in [-0.2, 0) is 36.7 Å². The number of alkyl halides is 3. The van der Waals surface area contributed by atoms with Crippen molar-refractivity contribution in [1.82, 2.24) is 19.7 Å². The van der Waals surface area contributed by atoms with Gasteiger partial charge in [0.2, 0.25) is 0 Å². The molecule has 1 aliphatic carbocycles. The van der Waals surface area contributed by atoms with Crippen LogP contribution >= 0.6 is 0 Å². The van der Waals surface area contributed by atoms with Crippen LogP contribution in [0.5, 0.6) is 0 Å². The summed E-state index contributed by atoms with van der Waals surface area (Å²) in [5.74, 6) is 0.0211. The predicted octanol–water partition coefficient (Wildman–Crippen LogP) is 5.47. The standard InChI is InChI=1S/C29H30F3N5O4/c1-17-13-28(41-17,25-34-33-16-35(25)3)19-6-4-7-20(12-19)36-15-22-21(24(36)38)10-18(11-23(22)29(30,31)32)14-37(26(39)40)27(2)8-5-9-27/h4,6-7,10-12,16-17H,5,8-9,13-15H2,1-3H3,(H,39,40)/t17-,28+/m0/s1. The van der Waals surface area contributed by atoms with Gasteiger partial charge >= 0.3 is 12.3 Å². The minimum absolute atomic E-state index is 0.0339. The summed E-state index contributed by atoms with van der Waals surface area (Å²) in [5, 5.41) is 18.0. The molecule has 3 aliphatic rings. The molecule has 2 fully saturated rings. The number of aryl methyl sites for hydroxylation is 1. The van der Waals surface area contributed by atoms with Gasteiger partial charge in [0.15, 0.2) is 11.4 Å². The number of carboxylic acid groups (broad SMARTS) is 1. The summed E-state index contributed by atoms with van der Waals surface area (Å²) in [5.41, 5.74) is -1.36. The van der Waals surface area contributed by atoms with E-state index in [-0.39, 0.29) is 35.9 Å². The summed E-state index contributed by atoms with van der Waals surface area (Å²) in [4.78, 5) is 28.2. The minimum atomic E-state index is -4.72. The van der Waals surface area contributed by atoms with Gasteiger partial charge in [0.05, 0.1) is 18.2 Å². The Morgan fingerprint density at radius 1 is 1.24 bits per heavy atom. The van der Waals surface area contributed by atoms with E-state index in [2.05, 4.69) is 10.2 Å². The second-order valence-electron chi connectivity index (χ2n) is 11.6. The number of carbonyl (C=O) groups is 2. The Morgan fingerprint density at radius 2 is 1.98 bits per heavy atom. The Balaban J connectivity index is 1.37. The summed E-state index contributed by atoms with van der Waals surface area (Å²) in [6, 6.07) is 9.41. The fraction of sp³-hybridized carbons (Fsp3) is 0.448. The molecule has 0 bridgehead atoms. The largest absolute Gasteiger partial charge is 0.465 e. The monoisotopic (exact) mass is 569 g/mol. The van der Waals surface area contributed by atoms with Gasteiger partial charge in [-0.05, 0) is 74.1 Å². The fourth-order valence-electron chi connectivity index (χ4n) is 6.42. The van der Waals surface area contributed by atoms with Crippen molar-refractivity contribution in [2.24, 2.45) is 7.05 Å². The molecule has 2 aliphatic heterocycles. The van der Waals surface area contributed by atoms with Crippen LogP contribution in [0, 0.1) is 0 Å². The third-order valence-electron chi connectivity index (χ3n) is 8.73. The zero-order chi connectivity index (χ0) is 29.3. The van der Waals surface area contributed by atoms with Crippen molar-refractivity contribution in [2.45, 2.75) is 76.0 Å². The lowest BCUT2D eigenvalue weighted by molar-refractivity contribution is -0.184.